The minimum Gasteiger partial charge on any atom is -0.296 e. The molecular weight excluding hydrogens is 191 g/mol. The molecule has 1 aliphatic carbocycles. The molecule has 0 aromatic carbocycles. The molecule has 2 heteroatoms. The van der Waals surface area contributed by atoms with Gasteiger partial charge in [-0.05, 0) is 31.8 Å². The van der Waals surface area contributed by atoms with Crippen molar-refractivity contribution in [2.24, 2.45) is 5.92 Å². The smallest absolute Gasteiger partial charge is 0.192 e. The Labute approximate surface area is 91.8 Å². The van der Waals surface area contributed by atoms with Crippen molar-refractivity contribution in [2.45, 2.75) is 58.0 Å². The van der Waals surface area contributed by atoms with Gasteiger partial charge in [-0.3, -0.25) is 4.79 Å². The molecule has 0 spiro atoms. The highest BCUT2D eigenvalue weighted by molar-refractivity contribution is 5.90. The summed E-state index contributed by atoms with van der Waals surface area (Å²) in [6.07, 6.45) is 4.80. The second-order valence-corrected chi connectivity index (χ2v) is 4.65. The fourth-order valence-corrected chi connectivity index (χ4v) is 2.55. The summed E-state index contributed by atoms with van der Waals surface area (Å²) in [5.41, 5.74) is -1.35. The molecule has 0 amide bonds. The average molecular weight is 212 g/mol. The van der Waals surface area contributed by atoms with Crippen LogP contribution >= 0.6 is 0 Å². The molecule has 0 bridgehead atoms. The number of allylic oxidation sites excluding steroid dienone is 1. The number of halogens is 1. The first-order valence-corrected chi connectivity index (χ1v) is 5.91. The Morgan fingerprint density at radius 3 is 2.40 bits per heavy atom. The van der Waals surface area contributed by atoms with E-state index in [1.54, 1.807) is 6.92 Å². The van der Waals surface area contributed by atoms with Crippen molar-refractivity contribution in [2.75, 3.05) is 0 Å². The second kappa shape index (κ2) is 4.91. The number of rotatable bonds is 5. The highest BCUT2D eigenvalue weighted by Crippen LogP contribution is 2.41. The first-order chi connectivity index (χ1) is 7.03. The average Bonchev–Trinajstić information content (AvgIpc) is 2.69. The van der Waals surface area contributed by atoms with Gasteiger partial charge in [0.05, 0.1) is 0 Å². The predicted octanol–water partition coefficient (Wildman–Crippen LogP) is 3.83. The van der Waals surface area contributed by atoms with E-state index < -0.39 is 5.67 Å². The van der Waals surface area contributed by atoms with Gasteiger partial charge in [0.1, 0.15) is 0 Å². The molecule has 0 heterocycles. The molecule has 1 nitrogen and oxygen atoms in total. The van der Waals surface area contributed by atoms with Gasteiger partial charge in [0, 0.05) is 12.3 Å². The zero-order valence-corrected chi connectivity index (χ0v) is 9.81. The number of alkyl halides is 1. The molecule has 1 aliphatic rings. The summed E-state index contributed by atoms with van der Waals surface area (Å²) in [4.78, 5) is 11.9. The zero-order valence-electron chi connectivity index (χ0n) is 9.81. The third-order valence-electron chi connectivity index (χ3n) is 3.42. The van der Waals surface area contributed by atoms with Gasteiger partial charge in [0.15, 0.2) is 11.5 Å². The number of Topliss-reactive ketones (excluding diaryl/α,β-unsaturated/α-hetero) is 1. The minimum absolute atomic E-state index is 0.117. The van der Waals surface area contributed by atoms with E-state index in [1.807, 2.05) is 6.92 Å². The first-order valence-electron chi connectivity index (χ1n) is 5.91. The van der Waals surface area contributed by atoms with Crippen LogP contribution in [0, 0.1) is 5.92 Å². The van der Waals surface area contributed by atoms with Crippen molar-refractivity contribution in [3.63, 3.8) is 0 Å². The third kappa shape index (κ3) is 2.30. The molecule has 1 saturated carbocycles. The molecule has 15 heavy (non-hydrogen) atoms. The summed E-state index contributed by atoms with van der Waals surface area (Å²) >= 11 is 0. The Hall–Kier alpha value is -0.660. The molecule has 1 rings (SSSR count). The Morgan fingerprint density at radius 1 is 1.47 bits per heavy atom. The molecular formula is C13H21FO. The van der Waals surface area contributed by atoms with Crippen LogP contribution in [-0.2, 0) is 4.79 Å². The van der Waals surface area contributed by atoms with Crippen LogP contribution in [-0.4, -0.2) is 11.5 Å². The van der Waals surface area contributed by atoms with Gasteiger partial charge < -0.3 is 0 Å². The SMILES string of the molecule is C=C(C)C(F)(C(=O)CCC)C1CCCC1. The number of hydrogen-bond donors (Lipinski definition) is 0. The molecule has 0 saturated heterocycles. The van der Waals surface area contributed by atoms with Crippen molar-refractivity contribution in [1.82, 2.24) is 0 Å². The van der Waals surface area contributed by atoms with E-state index in [2.05, 4.69) is 6.58 Å². The van der Waals surface area contributed by atoms with Gasteiger partial charge in [-0.1, -0.05) is 26.3 Å². The summed E-state index contributed by atoms with van der Waals surface area (Å²) in [7, 11) is 0. The zero-order chi connectivity index (χ0) is 11.5. The van der Waals surface area contributed by atoms with Gasteiger partial charge in [-0.15, -0.1) is 0 Å². The summed E-state index contributed by atoms with van der Waals surface area (Å²) in [5, 5.41) is 0. The lowest BCUT2D eigenvalue weighted by Gasteiger charge is -2.30. The predicted molar refractivity (Wildman–Crippen MR) is 60.5 cm³/mol. The van der Waals surface area contributed by atoms with E-state index in [1.165, 1.54) is 0 Å². The van der Waals surface area contributed by atoms with E-state index in [-0.39, 0.29) is 11.7 Å². The van der Waals surface area contributed by atoms with Crippen LogP contribution in [0.25, 0.3) is 0 Å². The van der Waals surface area contributed by atoms with Crippen molar-refractivity contribution in [3.8, 4) is 0 Å². The lowest BCUT2D eigenvalue weighted by Crippen LogP contribution is -2.41. The standard InChI is InChI=1S/C13H21FO/c1-4-7-12(15)13(14,10(2)3)11-8-5-6-9-11/h11H,2,4-9H2,1,3H3. The quantitative estimate of drug-likeness (QED) is 0.633. The van der Waals surface area contributed by atoms with E-state index in [0.717, 1.165) is 25.7 Å². The van der Waals surface area contributed by atoms with Crippen LogP contribution < -0.4 is 0 Å². The molecule has 0 radical (unpaired) electrons. The maximum Gasteiger partial charge on any atom is 0.192 e. The van der Waals surface area contributed by atoms with Crippen LogP contribution in [0.4, 0.5) is 4.39 Å². The molecule has 0 aromatic heterocycles. The summed E-state index contributed by atoms with van der Waals surface area (Å²) < 4.78 is 14.8. The molecule has 1 fully saturated rings. The maximum absolute atomic E-state index is 14.8. The first kappa shape index (κ1) is 12.4. The lowest BCUT2D eigenvalue weighted by molar-refractivity contribution is -0.131. The second-order valence-electron chi connectivity index (χ2n) is 4.65. The Bertz CT molecular complexity index is 253. The molecule has 1 unspecified atom stereocenters. The third-order valence-corrected chi connectivity index (χ3v) is 3.42. The largest absolute Gasteiger partial charge is 0.296 e. The summed E-state index contributed by atoms with van der Waals surface area (Å²) in [5.74, 6) is -0.376. The van der Waals surface area contributed by atoms with Crippen LogP contribution in [0.3, 0.4) is 0 Å². The van der Waals surface area contributed by atoms with E-state index >= 15 is 0 Å². The molecule has 0 aromatic rings. The number of ketones is 1. The van der Waals surface area contributed by atoms with Crippen molar-refractivity contribution in [1.29, 1.82) is 0 Å². The molecule has 0 aliphatic heterocycles. The van der Waals surface area contributed by atoms with Crippen molar-refractivity contribution >= 4 is 5.78 Å². The highest BCUT2D eigenvalue weighted by atomic mass is 19.1. The summed E-state index contributed by atoms with van der Waals surface area (Å²) in [6, 6.07) is 0. The lowest BCUT2D eigenvalue weighted by atomic mass is 9.78. The highest BCUT2D eigenvalue weighted by Gasteiger charge is 2.46. The number of carbonyl (C=O) groups is 1. The monoisotopic (exact) mass is 212 g/mol. The summed E-state index contributed by atoms with van der Waals surface area (Å²) in [6.45, 7) is 7.23. The normalized spacial score (nSPS) is 21.3. The van der Waals surface area contributed by atoms with Crippen LogP contribution in [0.15, 0.2) is 12.2 Å². The van der Waals surface area contributed by atoms with E-state index in [9.17, 15) is 9.18 Å². The fourth-order valence-electron chi connectivity index (χ4n) is 2.55. The van der Waals surface area contributed by atoms with E-state index in [4.69, 9.17) is 0 Å². The number of carbonyl (C=O) groups excluding carboxylic acids is 1. The maximum atomic E-state index is 14.8. The van der Waals surface area contributed by atoms with Crippen LogP contribution in [0.2, 0.25) is 0 Å². The van der Waals surface area contributed by atoms with Gasteiger partial charge >= 0.3 is 0 Å². The van der Waals surface area contributed by atoms with Gasteiger partial charge in [-0.25, -0.2) is 4.39 Å². The van der Waals surface area contributed by atoms with Crippen LogP contribution in [0.5, 0.6) is 0 Å². The Kier molecular flexibility index (Phi) is 4.06. The Morgan fingerprint density at radius 2 is 2.00 bits per heavy atom. The van der Waals surface area contributed by atoms with Crippen molar-refractivity contribution < 1.29 is 9.18 Å². The number of hydrogen-bond acceptors (Lipinski definition) is 1. The van der Waals surface area contributed by atoms with Gasteiger partial charge in [-0.2, -0.15) is 0 Å². The molecule has 86 valence electrons. The molecule has 0 N–H and O–H groups in total. The molecule has 1 atom stereocenters. The topological polar surface area (TPSA) is 17.1 Å². The van der Waals surface area contributed by atoms with Crippen molar-refractivity contribution in [3.05, 3.63) is 12.2 Å². The Balaban J connectivity index is 2.86. The van der Waals surface area contributed by atoms with Crippen LogP contribution in [0.1, 0.15) is 52.4 Å². The van der Waals surface area contributed by atoms with Gasteiger partial charge in [0.2, 0.25) is 0 Å². The fraction of sp³-hybridized carbons (Fsp3) is 0.769. The van der Waals surface area contributed by atoms with E-state index in [0.29, 0.717) is 18.4 Å². The minimum atomic E-state index is -1.74. The van der Waals surface area contributed by atoms with Gasteiger partial charge in [0.25, 0.3) is 0 Å².